The summed E-state index contributed by atoms with van der Waals surface area (Å²) in [5, 5.41) is 10.2. The van der Waals surface area contributed by atoms with Gasteiger partial charge in [-0.05, 0) is 67.9 Å². The average Bonchev–Trinajstić information content (AvgIpc) is 2.77. The highest BCUT2D eigenvalue weighted by atomic mass is 19.1. The van der Waals surface area contributed by atoms with E-state index in [-0.39, 0.29) is 17.8 Å². The van der Waals surface area contributed by atoms with Crippen molar-refractivity contribution in [2.24, 2.45) is 11.7 Å². The molecule has 1 aliphatic carbocycles. The third-order valence-electron chi connectivity index (χ3n) is 6.33. The van der Waals surface area contributed by atoms with Crippen molar-refractivity contribution < 1.29 is 9.50 Å². The van der Waals surface area contributed by atoms with Crippen molar-refractivity contribution in [3.8, 4) is 0 Å². The van der Waals surface area contributed by atoms with Gasteiger partial charge in [-0.1, -0.05) is 13.0 Å². The molecule has 4 rings (SSSR count). The van der Waals surface area contributed by atoms with Gasteiger partial charge in [-0.25, -0.2) is 4.39 Å². The van der Waals surface area contributed by atoms with Crippen LogP contribution >= 0.6 is 0 Å². The van der Waals surface area contributed by atoms with Gasteiger partial charge in [0, 0.05) is 48.8 Å². The highest BCUT2D eigenvalue weighted by molar-refractivity contribution is 5.63. The number of nitrogens with two attached hydrogens (primary N) is 1. The largest absolute Gasteiger partial charge is 0.391 e. The van der Waals surface area contributed by atoms with Gasteiger partial charge >= 0.3 is 0 Å². The Kier molecular flexibility index (Phi) is 6.44. The first-order chi connectivity index (χ1) is 14.5. The van der Waals surface area contributed by atoms with Crippen LogP contribution in [0, 0.1) is 11.7 Å². The van der Waals surface area contributed by atoms with Crippen LogP contribution < -0.4 is 10.6 Å². The molecule has 3 heterocycles. The van der Waals surface area contributed by atoms with Crippen LogP contribution in [0.1, 0.15) is 49.6 Å². The van der Waals surface area contributed by atoms with Crippen LogP contribution in [0.2, 0.25) is 0 Å². The van der Waals surface area contributed by atoms with Crippen LogP contribution in [0.5, 0.6) is 0 Å². The van der Waals surface area contributed by atoms with Crippen LogP contribution in [0.3, 0.4) is 0 Å². The number of allylic oxidation sites excluding steroid dienone is 2. The molecule has 0 radical (unpaired) electrons. The number of hydrogen-bond acceptors (Lipinski definition) is 5. The van der Waals surface area contributed by atoms with E-state index in [0.29, 0.717) is 12.2 Å². The van der Waals surface area contributed by atoms with Gasteiger partial charge in [0.2, 0.25) is 0 Å². The van der Waals surface area contributed by atoms with E-state index in [2.05, 4.69) is 20.9 Å². The molecule has 1 saturated heterocycles. The smallest absolute Gasteiger partial charge is 0.149 e. The van der Waals surface area contributed by atoms with Crippen LogP contribution in [0.15, 0.2) is 36.7 Å². The number of aromatic nitrogens is 2. The highest BCUT2D eigenvalue weighted by Gasteiger charge is 2.31. The lowest BCUT2D eigenvalue weighted by Gasteiger charge is -2.40. The average molecular weight is 411 g/mol. The predicted octanol–water partition coefficient (Wildman–Crippen LogP) is 3.50. The van der Waals surface area contributed by atoms with E-state index in [1.165, 1.54) is 6.42 Å². The SMILES string of the molecule is C[C@H]1CN(c2ccncc2CCc2ccc(F)c(C3=CCCCC3)n2)C[C@@H](N)[C@@H]1O. The molecule has 0 bridgehead atoms. The molecule has 6 heteroatoms. The van der Waals surface area contributed by atoms with E-state index < -0.39 is 6.10 Å². The number of nitrogens with zero attached hydrogens (tertiary/aromatic N) is 3. The van der Waals surface area contributed by atoms with Gasteiger partial charge in [0.05, 0.1) is 6.10 Å². The zero-order valence-corrected chi connectivity index (χ0v) is 17.6. The monoisotopic (exact) mass is 410 g/mol. The summed E-state index contributed by atoms with van der Waals surface area (Å²) >= 11 is 0. The van der Waals surface area contributed by atoms with Gasteiger partial charge in [-0.2, -0.15) is 0 Å². The normalized spacial score (nSPS) is 24.6. The Bertz CT molecular complexity index is 904. The minimum atomic E-state index is -0.470. The first-order valence-electron chi connectivity index (χ1n) is 11.0. The van der Waals surface area contributed by atoms with Gasteiger partial charge < -0.3 is 15.7 Å². The lowest BCUT2D eigenvalue weighted by Crippen LogP contribution is -2.55. The lowest BCUT2D eigenvalue weighted by atomic mass is 9.92. The first kappa shape index (κ1) is 20.9. The first-order valence-corrected chi connectivity index (χ1v) is 11.0. The van der Waals surface area contributed by atoms with E-state index in [1.54, 1.807) is 18.3 Å². The van der Waals surface area contributed by atoms with Crippen LogP contribution in [-0.2, 0) is 12.8 Å². The Morgan fingerprint density at radius 2 is 2.07 bits per heavy atom. The summed E-state index contributed by atoms with van der Waals surface area (Å²) in [7, 11) is 0. The molecule has 30 heavy (non-hydrogen) atoms. The summed E-state index contributed by atoms with van der Waals surface area (Å²) in [5.74, 6) is -0.122. The molecule has 0 aromatic carbocycles. The number of rotatable bonds is 5. The van der Waals surface area contributed by atoms with E-state index in [1.807, 2.05) is 19.2 Å². The van der Waals surface area contributed by atoms with Crippen molar-refractivity contribution in [2.45, 2.75) is 57.6 Å². The molecular formula is C24H31FN4O. The number of aryl methyl sites for hydroxylation is 2. The van der Waals surface area contributed by atoms with Crippen LogP contribution in [0.4, 0.5) is 10.1 Å². The fraction of sp³-hybridized carbons (Fsp3) is 0.500. The molecule has 2 aromatic heterocycles. The summed E-state index contributed by atoms with van der Waals surface area (Å²) in [6.07, 6.45) is 11.0. The van der Waals surface area contributed by atoms with Crippen molar-refractivity contribution >= 4 is 11.3 Å². The second-order valence-electron chi connectivity index (χ2n) is 8.65. The molecule has 0 unspecified atom stereocenters. The minimum absolute atomic E-state index is 0.111. The maximum Gasteiger partial charge on any atom is 0.149 e. The molecule has 3 N–H and O–H groups in total. The van der Waals surface area contributed by atoms with E-state index in [4.69, 9.17) is 5.73 Å². The fourth-order valence-electron chi connectivity index (χ4n) is 4.60. The minimum Gasteiger partial charge on any atom is -0.391 e. The maximum absolute atomic E-state index is 14.4. The summed E-state index contributed by atoms with van der Waals surface area (Å²) in [5.41, 5.74) is 10.8. The third-order valence-corrected chi connectivity index (χ3v) is 6.33. The quantitative estimate of drug-likeness (QED) is 0.789. The molecule has 0 spiro atoms. The lowest BCUT2D eigenvalue weighted by molar-refractivity contribution is 0.0784. The van der Waals surface area contributed by atoms with Gasteiger partial charge in [-0.3, -0.25) is 9.97 Å². The molecule has 160 valence electrons. The van der Waals surface area contributed by atoms with E-state index in [0.717, 1.165) is 61.2 Å². The second-order valence-corrected chi connectivity index (χ2v) is 8.65. The molecule has 2 aliphatic rings. The summed E-state index contributed by atoms with van der Waals surface area (Å²) in [6.45, 7) is 3.41. The predicted molar refractivity (Wildman–Crippen MR) is 118 cm³/mol. The number of anilines is 1. The van der Waals surface area contributed by atoms with Crippen LogP contribution in [-0.4, -0.2) is 40.3 Å². The number of halogens is 1. The molecule has 3 atom stereocenters. The van der Waals surface area contributed by atoms with Gasteiger partial charge in [0.1, 0.15) is 11.5 Å². The maximum atomic E-state index is 14.4. The number of pyridine rings is 2. The molecule has 0 saturated carbocycles. The highest BCUT2D eigenvalue weighted by Crippen LogP contribution is 2.29. The zero-order valence-electron chi connectivity index (χ0n) is 17.6. The van der Waals surface area contributed by atoms with E-state index in [9.17, 15) is 9.50 Å². The Morgan fingerprint density at radius 3 is 2.83 bits per heavy atom. The Balaban J connectivity index is 1.50. The Morgan fingerprint density at radius 1 is 1.20 bits per heavy atom. The summed E-state index contributed by atoms with van der Waals surface area (Å²) < 4.78 is 14.4. The summed E-state index contributed by atoms with van der Waals surface area (Å²) in [4.78, 5) is 11.2. The van der Waals surface area contributed by atoms with Crippen molar-refractivity contribution in [2.75, 3.05) is 18.0 Å². The van der Waals surface area contributed by atoms with Crippen molar-refractivity contribution in [1.82, 2.24) is 9.97 Å². The topological polar surface area (TPSA) is 75.3 Å². The van der Waals surface area contributed by atoms with Crippen molar-refractivity contribution in [1.29, 1.82) is 0 Å². The molecule has 0 amide bonds. The number of aliphatic hydroxyl groups is 1. The Hall–Kier alpha value is -2.31. The molecule has 2 aromatic rings. The van der Waals surface area contributed by atoms with E-state index >= 15 is 0 Å². The zero-order chi connectivity index (χ0) is 21.1. The fourth-order valence-corrected chi connectivity index (χ4v) is 4.60. The third kappa shape index (κ3) is 4.55. The summed E-state index contributed by atoms with van der Waals surface area (Å²) in [6, 6.07) is 5.08. The van der Waals surface area contributed by atoms with Crippen molar-refractivity contribution in [3.05, 3.63) is 59.4 Å². The molecule has 5 nitrogen and oxygen atoms in total. The second kappa shape index (κ2) is 9.23. The number of hydrogen-bond donors (Lipinski definition) is 2. The standard InChI is InChI=1S/C24H31FN4O/c1-16-14-29(15-21(26)24(16)30)22-11-12-27-13-18(22)7-8-19-9-10-20(25)23(28-19)17-5-3-2-4-6-17/h5,9-13,16,21,24,30H,2-4,6-8,14-15,26H2,1H3/t16-,21+,24+/m0/s1. The number of piperidine rings is 1. The molecule has 1 aliphatic heterocycles. The van der Waals surface area contributed by atoms with Crippen LogP contribution in [0.25, 0.3) is 5.57 Å². The van der Waals surface area contributed by atoms with Gasteiger partial charge in [0.15, 0.2) is 0 Å². The molecular weight excluding hydrogens is 379 g/mol. The van der Waals surface area contributed by atoms with Crippen molar-refractivity contribution in [3.63, 3.8) is 0 Å². The Labute approximate surface area is 177 Å². The van der Waals surface area contributed by atoms with Gasteiger partial charge in [0.25, 0.3) is 0 Å². The molecule has 1 fully saturated rings. The number of aliphatic hydroxyl groups excluding tert-OH is 1. The van der Waals surface area contributed by atoms with Gasteiger partial charge in [-0.15, -0.1) is 0 Å².